The Bertz CT molecular complexity index is 829. The molecule has 5 nitrogen and oxygen atoms in total. The summed E-state index contributed by atoms with van der Waals surface area (Å²) in [7, 11) is 3.35. The number of para-hydroxylation sites is 1. The fourth-order valence-corrected chi connectivity index (χ4v) is 4.16. The largest absolute Gasteiger partial charge is 0.493 e. The normalized spacial score (nSPS) is 15.2. The van der Waals surface area contributed by atoms with Gasteiger partial charge in [0.25, 0.3) is 0 Å². The van der Waals surface area contributed by atoms with Crippen LogP contribution in [0.5, 0.6) is 11.5 Å². The molecule has 0 radical (unpaired) electrons. The van der Waals surface area contributed by atoms with E-state index in [-0.39, 0.29) is 11.9 Å². The molecule has 29 heavy (non-hydrogen) atoms. The second-order valence-corrected chi connectivity index (χ2v) is 7.62. The number of ether oxygens (including phenoxy) is 2. The van der Waals surface area contributed by atoms with Gasteiger partial charge in [0.15, 0.2) is 11.5 Å². The fraction of sp³-hybridized carbons (Fsp3) is 0.458. The highest BCUT2D eigenvalue weighted by molar-refractivity contribution is 5.93. The molecule has 3 rings (SSSR count). The van der Waals surface area contributed by atoms with Gasteiger partial charge in [-0.05, 0) is 43.5 Å². The van der Waals surface area contributed by atoms with Crippen LogP contribution in [0.4, 0.5) is 5.69 Å². The van der Waals surface area contributed by atoms with Gasteiger partial charge in [-0.2, -0.15) is 0 Å². The average molecular weight is 397 g/mol. The number of aryl methyl sites for hydroxylation is 1. The molecule has 0 spiro atoms. The Morgan fingerprint density at radius 3 is 2.45 bits per heavy atom. The van der Waals surface area contributed by atoms with Crippen molar-refractivity contribution in [1.29, 1.82) is 0 Å². The number of carbonyl (C=O) groups is 1. The van der Waals surface area contributed by atoms with E-state index < -0.39 is 0 Å². The molecular weight excluding hydrogens is 364 g/mol. The highest BCUT2D eigenvalue weighted by atomic mass is 16.5. The highest BCUT2D eigenvalue weighted by Gasteiger charge is 2.29. The second kappa shape index (κ2) is 9.79. The predicted molar refractivity (Wildman–Crippen MR) is 117 cm³/mol. The van der Waals surface area contributed by atoms with Gasteiger partial charge in [0, 0.05) is 43.3 Å². The number of amides is 1. The van der Waals surface area contributed by atoms with Crippen LogP contribution in [-0.4, -0.2) is 44.2 Å². The maximum absolute atomic E-state index is 12.7. The number of methoxy groups -OCH3 is 2. The van der Waals surface area contributed by atoms with Gasteiger partial charge in [0.05, 0.1) is 14.2 Å². The Hall–Kier alpha value is -2.53. The third-order valence-electron chi connectivity index (χ3n) is 5.65. The van der Waals surface area contributed by atoms with Crippen molar-refractivity contribution < 1.29 is 14.3 Å². The number of piperidine rings is 1. The van der Waals surface area contributed by atoms with E-state index in [0.29, 0.717) is 6.42 Å². The smallest absolute Gasteiger partial charge is 0.226 e. The Kier molecular flexibility index (Phi) is 7.15. The molecule has 156 valence electrons. The maximum Gasteiger partial charge on any atom is 0.226 e. The minimum Gasteiger partial charge on any atom is -0.493 e. The van der Waals surface area contributed by atoms with E-state index in [0.717, 1.165) is 55.2 Å². The summed E-state index contributed by atoms with van der Waals surface area (Å²) in [6, 6.07) is 14.5. The van der Waals surface area contributed by atoms with Crippen molar-refractivity contribution in [1.82, 2.24) is 4.90 Å². The number of benzene rings is 2. The van der Waals surface area contributed by atoms with Gasteiger partial charge < -0.3 is 14.4 Å². The van der Waals surface area contributed by atoms with Crippen molar-refractivity contribution in [3.8, 4) is 11.5 Å². The zero-order valence-electron chi connectivity index (χ0n) is 18.0. The van der Waals surface area contributed by atoms with Gasteiger partial charge in [-0.1, -0.05) is 31.2 Å². The first-order valence-corrected chi connectivity index (χ1v) is 10.4. The molecule has 1 aliphatic rings. The number of likely N-dealkylation sites (tertiary alicyclic amines) is 1. The fourth-order valence-electron chi connectivity index (χ4n) is 4.16. The minimum atomic E-state index is 0.198. The van der Waals surface area contributed by atoms with E-state index in [1.54, 1.807) is 14.2 Å². The minimum absolute atomic E-state index is 0.198. The summed E-state index contributed by atoms with van der Waals surface area (Å²) in [6.45, 7) is 6.73. The molecule has 0 saturated carbocycles. The molecular formula is C24H32N2O3. The zero-order valence-corrected chi connectivity index (χ0v) is 18.0. The summed E-state index contributed by atoms with van der Waals surface area (Å²) in [5.74, 6) is 1.77. The molecule has 1 amide bonds. The molecule has 0 unspecified atom stereocenters. The van der Waals surface area contributed by atoms with Crippen molar-refractivity contribution in [2.24, 2.45) is 0 Å². The molecule has 5 heteroatoms. The number of rotatable bonds is 7. The van der Waals surface area contributed by atoms with Crippen LogP contribution in [0.3, 0.4) is 0 Å². The van der Waals surface area contributed by atoms with E-state index >= 15 is 0 Å². The molecule has 0 aliphatic carbocycles. The predicted octanol–water partition coefficient (Wildman–Crippen LogP) is 4.42. The average Bonchev–Trinajstić information content (AvgIpc) is 2.74. The van der Waals surface area contributed by atoms with E-state index in [9.17, 15) is 4.79 Å². The molecule has 0 atom stereocenters. The van der Waals surface area contributed by atoms with Crippen LogP contribution < -0.4 is 14.4 Å². The Balaban J connectivity index is 1.70. The van der Waals surface area contributed by atoms with Gasteiger partial charge in [0.2, 0.25) is 5.91 Å². The monoisotopic (exact) mass is 396 g/mol. The number of anilines is 1. The van der Waals surface area contributed by atoms with Crippen LogP contribution in [0.25, 0.3) is 0 Å². The molecule has 0 bridgehead atoms. The molecule has 1 aliphatic heterocycles. The van der Waals surface area contributed by atoms with Crippen LogP contribution in [0.1, 0.15) is 37.3 Å². The Morgan fingerprint density at radius 2 is 1.83 bits per heavy atom. The van der Waals surface area contributed by atoms with Gasteiger partial charge in [-0.3, -0.25) is 9.69 Å². The lowest BCUT2D eigenvalue weighted by molar-refractivity contribution is -0.119. The Labute approximate surface area is 174 Å². The van der Waals surface area contributed by atoms with Gasteiger partial charge in [0.1, 0.15) is 0 Å². The highest BCUT2D eigenvalue weighted by Crippen LogP contribution is 2.32. The third kappa shape index (κ3) is 4.91. The molecule has 0 aromatic heterocycles. The summed E-state index contributed by atoms with van der Waals surface area (Å²) >= 11 is 0. The summed E-state index contributed by atoms with van der Waals surface area (Å²) in [5.41, 5.74) is 3.33. The molecule has 2 aromatic carbocycles. The van der Waals surface area contributed by atoms with Crippen LogP contribution in [0.15, 0.2) is 42.5 Å². The summed E-state index contributed by atoms with van der Waals surface area (Å²) < 4.78 is 11.0. The first-order chi connectivity index (χ1) is 14.1. The molecule has 1 saturated heterocycles. The first-order valence-electron chi connectivity index (χ1n) is 10.4. The molecule has 0 N–H and O–H groups in total. The third-order valence-corrected chi connectivity index (χ3v) is 5.65. The van der Waals surface area contributed by atoms with Gasteiger partial charge in [-0.15, -0.1) is 0 Å². The van der Waals surface area contributed by atoms with Crippen LogP contribution >= 0.6 is 0 Å². The van der Waals surface area contributed by atoms with E-state index in [1.807, 2.05) is 36.1 Å². The standard InChI is InChI=1S/C24H32N2O3/c1-5-23(27)26(21-10-6-8-18(2)16-21)20-12-14-25(15-13-20)17-19-9-7-11-22(28-3)24(19)29-4/h6-11,16,20H,5,12-15,17H2,1-4H3. The van der Waals surface area contributed by atoms with Crippen molar-refractivity contribution in [3.63, 3.8) is 0 Å². The number of nitrogens with zero attached hydrogens (tertiary/aromatic N) is 2. The van der Waals surface area contributed by atoms with Crippen molar-refractivity contribution >= 4 is 11.6 Å². The van der Waals surface area contributed by atoms with E-state index in [4.69, 9.17) is 9.47 Å². The van der Waals surface area contributed by atoms with Crippen LogP contribution in [0, 0.1) is 6.92 Å². The lowest BCUT2D eigenvalue weighted by atomic mass is 10.0. The lowest BCUT2D eigenvalue weighted by Gasteiger charge is -2.39. The van der Waals surface area contributed by atoms with E-state index in [1.165, 1.54) is 5.56 Å². The van der Waals surface area contributed by atoms with Crippen molar-refractivity contribution in [2.45, 2.75) is 45.7 Å². The maximum atomic E-state index is 12.7. The summed E-state index contributed by atoms with van der Waals surface area (Å²) in [5, 5.41) is 0. The summed E-state index contributed by atoms with van der Waals surface area (Å²) in [4.78, 5) is 17.2. The van der Waals surface area contributed by atoms with Crippen LogP contribution in [-0.2, 0) is 11.3 Å². The topological polar surface area (TPSA) is 42.0 Å². The van der Waals surface area contributed by atoms with Gasteiger partial charge in [-0.25, -0.2) is 0 Å². The van der Waals surface area contributed by atoms with Crippen LogP contribution in [0.2, 0.25) is 0 Å². The Morgan fingerprint density at radius 1 is 1.10 bits per heavy atom. The molecule has 1 heterocycles. The quantitative estimate of drug-likeness (QED) is 0.695. The van der Waals surface area contributed by atoms with Crippen molar-refractivity contribution in [2.75, 3.05) is 32.2 Å². The van der Waals surface area contributed by atoms with E-state index in [2.05, 4.69) is 30.0 Å². The van der Waals surface area contributed by atoms with Crippen molar-refractivity contribution in [3.05, 3.63) is 53.6 Å². The second-order valence-electron chi connectivity index (χ2n) is 7.62. The molecule has 2 aromatic rings. The zero-order chi connectivity index (χ0) is 20.8. The summed E-state index contributed by atoms with van der Waals surface area (Å²) in [6.07, 6.45) is 2.45. The molecule has 1 fully saturated rings. The number of hydrogen-bond acceptors (Lipinski definition) is 4. The number of hydrogen-bond donors (Lipinski definition) is 0. The van der Waals surface area contributed by atoms with Gasteiger partial charge >= 0.3 is 0 Å². The number of carbonyl (C=O) groups excluding carboxylic acids is 1. The lowest BCUT2D eigenvalue weighted by Crippen LogP contribution is -2.47. The SMILES string of the molecule is CCC(=O)N(c1cccc(C)c1)C1CCN(Cc2cccc(OC)c2OC)CC1. The first kappa shape index (κ1) is 21.2.